The third-order valence-electron chi connectivity index (χ3n) is 3.53. The van der Waals surface area contributed by atoms with Crippen molar-refractivity contribution in [3.05, 3.63) is 53.0 Å². The number of aryl methyl sites for hydroxylation is 1. The molecular weight excluding hydrogens is 447 g/mol. The number of nitrogens with zero attached hydrogens (tertiary/aromatic N) is 1. The van der Waals surface area contributed by atoms with Gasteiger partial charge in [-0.2, -0.15) is 0 Å². The van der Waals surface area contributed by atoms with Crippen LogP contribution in [0.1, 0.15) is 34.4 Å². The van der Waals surface area contributed by atoms with Crippen LogP contribution in [0.5, 0.6) is 5.75 Å². The van der Waals surface area contributed by atoms with Crippen LogP contribution in [0.3, 0.4) is 0 Å². The maximum absolute atomic E-state index is 11.0. The predicted octanol–water partition coefficient (Wildman–Crippen LogP) is 2.57. The molecular formula is C18H25IN4O3. The summed E-state index contributed by atoms with van der Waals surface area (Å²) in [5.74, 6) is 1.63. The molecule has 0 radical (unpaired) electrons. The molecule has 0 saturated carbocycles. The number of aliphatic imine (C=N–C) groups is 1. The first kappa shape index (κ1) is 21.8. The van der Waals surface area contributed by atoms with Crippen molar-refractivity contribution in [1.29, 1.82) is 0 Å². The van der Waals surface area contributed by atoms with E-state index in [4.69, 9.17) is 14.9 Å². The van der Waals surface area contributed by atoms with Gasteiger partial charge in [0, 0.05) is 19.2 Å². The van der Waals surface area contributed by atoms with E-state index in [2.05, 4.69) is 15.6 Å². The third-order valence-corrected chi connectivity index (χ3v) is 3.53. The van der Waals surface area contributed by atoms with Crippen LogP contribution >= 0.6 is 24.0 Å². The van der Waals surface area contributed by atoms with Crippen LogP contribution in [0.15, 0.2) is 39.7 Å². The monoisotopic (exact) mass is 472 g/mol. The van der Waals surface area contributed by atoms with Crippen molar-refractivity contribution >= 4 is 35.8 Å². The van der Waals surface area contributed by atoms with E-state index in [9.17, 15) is 4.79 Å². The Morgan fingerprint density at radius 3 is 2.58 bits per heavy atom. The quantitative estimate of drug-likeness (QED) is 0.327. The molecule has 26 heavy (non-hydrogen) atoms. The molecule has 2 rings (SSSR count). The third kappa shape index (κ3) is 6.25. The molecule has 0 unspecified atom stereocenters. The number of nitrogens with one attached hydrogen (secondary N) is 2. The van der Waals surface area contributed by atoms with Gasteiger partial charge in [0.15, 0.2) is 11.7 Å². The van der Waals surface area contributed by atoms with Gasteiger partial charge in [0.2, 0.25) is 0 Å². The first-order chi connectivity index (χ1) is 12.0. The van der Waals surface area contributed by atoms with E-state index in [1.165, 1.54) is 0 Å². The highest BCUT2D eigenvalue weighted by atomic mass is 127. The molecule has 0 saturated heterocycles. The van der Waals surface area contributed by atoms with E-state index < -0.39 is 5.91 Å². The molecule has 0 aliphatic rings. The van der Waals surface area contributed by atoms with Crippen molar-refractivity contribution in [1.82, 2.24) is 10.6 Å². The van der Waals surface area contributed by atoms with Gasteiger partial charge in [-0.1, -0.05) is 12.1 Å². The summed E-state index contributed by atoms with van der Waals surface area (Å²) in [5, 5.41) is 6.35. The Morgan fingerprint density at radius 2 is 1.96 bits per heavy atom. The molecule has 0 atom stereocenters. The fraction of sp³-hybridized carbons (Fsp3) is 0.333. The van der Waals surface area contributed by atoms with Gasteiger partial charge in [0.25, 0.3) is 5.91 Å². The predicted molar refractivity (Wildman–Crippen MR) is 112 cm³/mol. The second-order valence-electron chi connectivity index (χ2n) is 5.45. The van der Waals surface area contributed by atoms with Crippen LogP contribution in [0.2, 0.25) is 0 Å². The number of amides is 1. The Morgan fingerprint density at radius 1 is 1.23 bits per heavy atom. The first-order valence-electron chi connectivity index (χ1n) is 8.08. The zero-order valence-corrected chi connectivity index (χ0v) is 17.5. The molecule has 0 spiro atoms. The molecule has 0 aliphatic heterocycles. The van der Waals surface area contributed by atoms with Crippen LogP contribution < -0.4 is 21.1 Å². The first-order valence-corrected chi connectivity index (χ1v) is 8.08. The number of ether oxygens (including phenoxy) is 1. The van der Waals surface area contributed by atoms with Gasteiger partial charge < -0.3 is 25.5 Å². The summed E-state index contributed by atoms with van der Waals surface area (Å²) >= 11 is 0. The van der Waals surface area contributed by atoms with Crippen LogP contribution in [0.25, 0.3) is 0 Å². The van der Waals surface area contributed by atoms with Gasteiger partial charge >= 0.3 is 0 Å². The molecule has 1 aromatic carbocycles. The molecule has 7 nitrogen and oxygen atoms in total. The minimum atomic E-state index is -0.586. The number of hydrogen-bond donors (Lipinski definition) is 3. The van der Waals surface area contributed by atoms with Crippen LogP contribution in [-0.4, -0.2) is 25.5 Å². The number of benzene rings is 1. The molecule has 1 heterocycles. The smallest absolute Gasteiger partial charge is 0.284 e. The van der Waals surface area contributed by atoms with E-state index in [0.29, 0.717) is 31.4 Å². The Hall–Kier alpha value is -2.23. The van der Waals surface area contributed by atoms with Crippen molar-refractivity contribution in [3.63, 3.8) is 0 Å². The molecule has 1 amide bonds. The highest BCUT2D eigenvalue weighted by molar-refractivity contribution is 14.0. The molecule has 0 fully saturated rings. The molecule has 8 heteroatoms. The Kier molecular flexibility index (Phi) is 8.97. The normalized spacial score (nSPS) is 10.8. The Bertz CT molecular complexity index is 759. The van der Waals surface area contributed by atoms with Crippen molar-refractivity contribution in [3.8, 4) is 5.75 Å². The average Bonchev–Trinajstić information content (AvgIpc) is 3.06. The summed E-state index contributed by atoms with van der Waals surface area (Å²) in [4.78, 5) is 15.2. The van der Waals surface area contributed by atoms with E-state index in [0.717, 1.165) is 16.9 Å². The van der Waals surface area contributed by atoms with Crippen LogP contribution in [0.4, 0.5) is 0 Å². The number of furan rings is 1. The second-order valence-corrected chi connectivity index (χ2v) is 5.45. The van der Waals surface area contributed by atoms with Crippen LogP contribution in [-0.2, 0) is 13.1 Å². The van der Waals surface area contributed by atoms with E-state index in [-0.39, 0.29) is 29.7 Å². The van der Waals surface area contributed by atoms with Gasteiger partial charge in [-0.05, 0) is 37.6 Å². The summed E-state index contributed by atoms with van der Waals surface area (Å²) in [6.45, 7) is 5.57. The number of carbonyl (C=O) groups is 1. The Balaban J connectivity index is 0.00000338. The molecule has 0 aliphatic carbocycles. The lowest BCUT2D eigenvalue weighted by atomic mass is 10.1. The largest absolute Gasteiger partial charge is 0.494 e. The van der Waals surface area contributed by atoms with Crippen molar-refractivity contribution in [2.75, 3.05) is 13.7 Å². The van der Waals surface area contributed by atoms with Crippen molar-refractivity contribution < 1.29 is 13.9 Å². The van der Waals surface area contributed by atoms with Gasteiger partial charge in [-0.25, -0.2) is 0 Å². The van der Waals surface area contributed by atoms with Gasteiger partial charge in [0.1, 0.15) is 11.5 Å². The Labute approximate surface area is 170 Å². The average molecular weight is 472 g/mol. The zero-order valence-electron chi connectivity index (χ0n) is 15.2. The highest BCUT2D eigenvalue weighted by Gasteiger charge is 2.08. The maximum Gasteiger partial charge on any atom is 0.284 e. The SMILES string of the molecule is CCOc1cc(C)ccc1CNC(=NC)NCc1ccc(C(N)=O)o1.I. The van der Waals surface area contributed by atoms with E-state index >= 15 is 0 Å². The summed E-state index contributed by atoms with van der Waals surface area (Å²) in [7, 11) is 1.69. The minimum absolute atomic E-state index is 0. The summed E-state index contributed by atoms with van der Waals surface area (Å²) < 4.78 is 11.0. The molecule has 142 valence electrons. The van der Waals surface area contributed by atoms with E-state index in [1.807, 2.05) is 32.0 Å². The number of carbonyl (C=O) groups excluding carboxylic acids is 1. The standard InChI is InChI=1S/C18H24N4O3.HI/c1-4-24-16-9-12(2)5-6-13(16)10-21-18(20-3)22-11-14-7-8-15(25-14)17(19)23;/h5-9H,4,10-11H2,1-3H3,(H2,19,23)(H2,20,21,22);1H. The second kappa shape index (κ2) is 10.7. The lowest BCUT2D eigenvalue weighted by Gasteiger charge is -2.14. The number of guanidine groups is 1. The van der Waals surface area contributed by atoms with Gasteiger partial charge in [-0.3, -0.25) is 9.79 Å². The number of primary amides is 1. The molecule has 4 N–H and O–H groups in total. The molecule has 2 aromatic rings. The van der Waals surface area contributed by atoms with E-state index in [1.54, 1.807) is 19.2 Å². The number of nitrogens with two attached hydrogens (primary N) is 1. The number of halogens is 1. The fourth-order valence-corrected chi connectivity index (χ4v) is 2.27. The lowest BCUT2D eigenvalue weighted by Crippen LogP contribution is -2.36. The highest BCUT2D eigenvalue weighted by Crippen LogP contribution is 2.20. The lowest BCUT2D eigenvalue weighted by molar-refractivity contribution is 0.0972. The zero-order chi connectivity index (χ0) is 18.2. The molecule has 1 aromatic heterocycles. The van der Waals surface area contributed by atoms with Gasteiger partial charge in [-0.15, -0.1) is 24.0 Å². The van der Waals surface area contributed by atoms with Crippen LogP contribution in [0, 0.1) is 6.92 Å². The summed E-state index contributed by atoms with van der Waals surface area (Å²) in [6.07, 6.45) is 0. The number of hydrogen-bond acceptors (Lipinski definition) is 4. The maximum atomic E-state index is 11.0. The van der Waals surface area contributed by atoms with Gasteiger partial charge in [0.05, 0.1) is 13.2 Å². The molecule has 0 bridgehead atoms. The van der Waals surface area contributed by atoms with Crippen molar-refractivity contribution in [2.45, 2.75) is 26.9 Å². The topological polar surface area (TPSA) is 102 Å². The summed E-state index contributed by atoms with van der Waals surface area (Å²) in [6, 6.07) is 9.35. The fourth-order valence-electron chi connectivity index (χ4n) is 2.27. The number of rotatable bonds is 7. The summed E-state index contributed by atoms with van der Waals surface area (Å²) in [5.41, 5.74) is 7.37. The van der Waals surface area contributed by atoms with Crippen molar-refractivity contribution in [2.24, 2.45) is 10.7 Å². The minimum Gasteiger partial charge on any atom is -0.494 e.